The first-order chi connectivity index (χ1) is 10.2. The second kappa shape index (κ2) is 5.76. The van der Waals surface area contributed by atoms with E-state index < -0.39 is 0 Å². The van der Waals surface area contributed by atoms with Crippen molar-refractivity contribution < 1.29 is 9.21 Å². The quantitative estimate of drug-likeness (QED) is 0.746. The van der Waals surface area contributed by atoms with Gasteiger partial charge in [-0.05, 0) is 23.8 Å². The van der Waals surface area contributed by atoms with Crippen molar-refractivity contribution in [3.05, 3.63) is 79.6 Å². The molecule has 0 amide bonds. The predicted octanol–water partition coefficient (Wildman–Crippen LogP) is 1.52. The zero-order valence-corrected chi connectivity index (χ0v) is 11.7. The monoisotopic (exact) mass is 297 g/mol. The van der Waals surface area contributed by atoms with Gasteiger partial charge in [0.2, 0.25) is 5.78 Å². The number of hydrogen-bond donors (Lipinski definition) is 1. The fourth-order valence-corrected chi connectivity index (χ4v) is 2.72. The molecule has 3 rings (SSSR count). The van der Waals surface area contributed by atoms with Crippen LogP contribution in [0.3, 0.4) is 0 Å². The lowest BCUT2D eigenvalue weighted by atomic mass is 10.2. The van der Waals surface area contributed by atoms with Crippen molar-refractivity contribution in [2.45, 2.75) is 0 Å². The molecule has 0 saturated carbocycles. The number of ketones is 1. The van der Waals surface area contributed by atoms with E-state index in [1.165, 1.54) is 23.7 Å². The van der Waals surface area contributed by atoms with Crippen LogP contribution in [0, 0.1) is 0 Å². The number of benzene rings is 1. The molecular weight excluding hydrogens is 286 g/mol. The highest BCUT2D eigenvalue weighted by atomic mass is 32.1. The Balaban J connectivity index is 2.01. The van der Waals surface area contributed by atoms with Crippen molar-refractivity contribution in [1.82, 2.24) is 4.98 Å². The molecular formula is C16H11NO3S. The van der Waals surface area contributed by atoms with Gasteiger partial charge in [0.05, 0.1) is 15.5 Å². The summed E-state index contributed by atoms with van der Waals surface area (Å²) in [6.45, 7) is 0. The Morgan fingerprint density at radius 2 is 1.95 bits per heavy atom. The minimum Gasteiger partial charge on any atom is -0.461 e. The molecule has 0 spiro atoms. The van der Waals surface area contributed by atoms with Crippen LogP contribution in [0.25, 0.3) is 12.2 Å². The highest BCUT2D eigenvalue weighted by Gasteiger charge is 2.05. The first kappa shape index (κ1) is 13.3. The summed E-state index contributed by atoms with van der Waals surface area (Å²) in [7, 11) is 0. The standard InChI is InChI=1S/C16H11NO3S/c18-12(13-7-4-8-20-13)10-15-17-16(19)14(21-15)9-11-5-2-1-3-6-11/h1-10H,(H,17,19)/b14-9-,15-10-. The fraction of sp³-hybridized carbons (Fsp3) is 0. The first-order valence-corrected chi connectivity index (χ1v) is 7.09. The largest absolute Gasteiger partial charge is 0.461 e. The Labute approximate surface area is 123 Å². The summed E-state index contributed by atoms with van der Waals surface area (Å²) in [5, 5.41) is 0. The van der Waals surface area contributed by atoms with Crippen LogP contribution in [0.1, 0.15) is 16.1 Å². The van der Waals surface area contributed by atoms with Gasteiger partial charge in [0.25, 0.3) is 5.56 Å². The Bertz CT molecular complexity index is 918. The number of furan rings is 1. The molecule has 1 N–H and O–H groups in total. The van der Waals surface area contributed by atoms with Crippen molar-refractivity contribution >= 4 is 29.3 Å². The van der Waals surface area contributed by atoms with Crippen molar-refractivity contribution in [2.75, 3.05) is 0 Å². The summed E-state index contributed by atoms with van der Waals surface area (Å²) in [6, 6.07) is 12.8. The SMILES string of the molecule is O=C(/C=c1/[nH]c(=O)/c(=C/c2ccccc2)s1)c1ccco1. The average Bonchev–Trinajstić information content (AvgIpc) is 3.11. The molecule has 0 bridgehead atoms. The molecule has 0 radical (unpaired) electrons. The first-order valence-electron chi connectivity index (χ1n) is 6.28. The Morgan fingerprint density at radius 3 is 2.67 bits per heavy atom. The zero-order chi connectivity index (χ0) is 14.7. The summed E-state index contributed by atoms with van der Waals surface area (Å²) in [5.41, 5.74) is 0.733. The summed E-state index contributed by atoms with van der Waals surface area (Å²) < 4.78 is 6.08. The minimum absolute atomic E-state index is 0.206. The summed E-state index contributed by atoms with van der Waals surface area (Å²) >= 11 is 1.24. The van der Waals surface area contributed by atoms with Gasteiger partial charge < -0.3 is 9.40 Å². The molecule has 0 unspecified atom stereocenters. The highest BCUT2D eigenvalue weighted by Crippen LogP contribution is 2.01. The third-order valence-corrected chi connectivity index (χ3v) is 3.77. The number of Topliss-reactive ketones (excluding diaryl/α,β-unsaturated/α-hetero) is 1. The number of hydrogen-bond acceptors (Lipinski definition) is 4. The van der Waals surface area contributed by atoms with E-state index in [9.17, 15) is 9.59 Å². The molecule has 21 heavy (non-hydrogen) atoms. The summed E-state index contributed by atoms with van der Waals surface area (Å²) in [5.74, 6) is -0.0263. The molecule has 5 heteroatoms. The molecule has 3 aromatic rings. The third-order valence-electron chi connectivity index (χ3n) is 2.80. The second-order valence-corrected chi connectivity index (χ2v) is 5.41. The second-order valence-electron chi connectivity index (χ2n) is 4.33. The maximum Gasteiger partial charge on any atom is 0.266 e. The lowest BCUT2D eigenvalue weighted by molar-refractivity contribution is 0.103. The number of aromatic nitrogens is 1. The Kier molecular flexibility index (Phi) is 3.66. The van der Waals surface area contributed by atoms with E-state index in [0.717, 1.165) is 5.56 Å². The highest BCUT2D eigenvalue weighted by molar-refractivity contribution is 7.07. The van der Waals surface area contributed by atoms with E-state index in [4.69, 9.17) is 4.42 Å². The fourth-order valence-electron chi connectivity index (χ4n) is 1.83. The maximum atomic E-state index is 11.9. The average molecular weight is 297 g/mol. The van der Waals surface area contributed by atoms with Gasteiger partial charge in [-0.3, -0.25) is 9.59 Å². The van der Waals surface area contributed by atoms with Crippen LogP contribution in [-0.4, -0.2) is 10.8 Å². The molecule has 0 atom stereocenters. The van der Waals surface area contributed by atoms with E-state index in [-0.39, 0.29) is 17.1 Å². The van der Waals surface area contributed by atoms with E-state index in [1.54, 1.807) is 18.2 Å². The van der Waals surface area contributed by atoms with Gasteiger partial charge in [0.1, 0.15) is 0 Å². The van der Waals surface area contributed by atoms with Crippen LogP contribution in [-0.2, 0) is 0 Å². The van der Waals surface area contributed by atoms with Crippen molar-refractivity contribution in [3.63, 3.8) is 0 Å². The van der Waals surface area contributed by atoms with E-state index >= 15 is 0 Å². The van der Waals surface area contributed by atoms with Crippen LogP contribution in [0.2, 0.25) is 0 Å². The molecule has 0 saturated heterocycles. The van der Waals surface area contributed by atoms with Crippen LogP contribution in [0.4, 0.5) is 0 Å². The molecule has 104 valence electrons. The number of rotatable bonds is 3. The van der Waals surface area contributed by atoms with Gasteiger partial charge >= 0.3 is 0 Å². The van der Waals surface area contributed by atoms with Crippen LogP contribution >= 0.6 is 11.3 Å². The zero-order valence-electron chi connectivity index (χ0n) is 10.9. The number of aromatic amines is 1. The third kappa shape index (κ3) is 3.09. The van der Waals surface area contributed by atoms with E-state index in [2.05, 4.69) is 4.98 Å². The van der Waals surface area contributed by atoms with Crippen molar-refractivity contribution in [1.29, 1.82) is 0 Å². The van der Waals surface area contributed by atoms with Gasteiger partial charge in [-0.2, -0.15) is 0 Å². The normalized spacial score (nSPS) is 12.8. The van der Waals surface area contributed by atoms with Crippen LogP contribution in [0.15, 0.2) is 57.9 Å². The molecule has 1 aromatic carbocycles. The summed E-state index contributed by atoms with van der Waals surface area (Å²) in [6.07, 6.45) is 4.60. The lowest BCUT2D eigenvalue weighted by Crippen LogP contribution is -2.19. The molecule has 4 nitrogen and oxygen atoms in total. The predicted molar refractivity (Wildman–Crippen MR) is 81.7 cm³/mol. The van der Waals surface area contributed by atoms with Crippen molar-refractivity contribution in [3.8, 4) is 0 Å². The number of H-pyrrole nitrogens is 1. The summed E-state index contributed by atoms with van der Waals surface area (Å²) in [4.78, 5) is 26.4. The maximum absolute atomic E-state index is 11.9. The molecule has 2 aromatic heterocycles. The van der Waals surface area contributed by atoms with E-state index in [1.807, 2.05) is 30.3 Å². The number of nitrogens with one attached hydrogen (secondary N) is 1. The molecule has 2 heterocycles. The van der Waals surface area contributed by atoms with Gasteiger partial charge in [-0.25, -0.2) is 0 Å². The minimum atomic E-state index is -0.274. The number of thiazole rings is 1. The number of carbonyl (C=O) groups is 1. The van der Waals surface area contributed by atoms with Gasteiger partial charge in [0, 0.05) is 6.08 Å². The Hall–Kier alpha value is -2.66. The molecule has 0 aliphatic carbocycles. The Morgan fingerprint density at radius 1 is 1.14 bits per heavy atom. The van der Waals surface area contributed by atoms with Crippen LogP contribution < -0.4 is 14.8 Å². The van der Waals surface area contributed by atoms with Crippen LogP contribution in [0.5, 0.6) is 0 Å². The lowest BCUT2D eigenvalue weighted by Gasteiger charge is -1.87. The number of carbonyl (C=O) groups excluding carboxylic acids is 1. The molecule has 0 aliphatic rings. The van der Waals surface area contributed by atoms with Gasteiger partial charge in [0.15, 0.2) is 5.76 Å². The van der Waals surface area contributed by atoms with Crippen molar-refractivity contribution in [2.24, 2.45) is 0 Å². The molecule has 0 fully saturated rings. The molecule has 0 aliphatic heterocycles. The van der Waals surface area contributed by atoms with Gasteiger partial charge in [-0.1, -0.05) is 30.3 Å². The topological polar surface area (TPSA) is 63.1 Å². The van der Waals surface area contributed by atoms with Gasteiger partial charge in [-0.15, -0.1) is 11.3 Å². The smallest absolute Gasteiger partial charge is 0.266 e. The van der Waals surface area contributed by atoms with E-state index in [0.29, 0.717) is 9.20 Å².